The Morgan fingerprint density at radius 3 is 2.42 bits per heavy atom. The summed E-state index contributed by atoms with van der Waals surface area (Å²) in [5, 5.41) is 11.6. The van der Waals surface area contributed by atoms with Crippen molar-refractivity contribution >= 4 is 17.7 Å². The number of hydrogen-bond donors (Lipinski definition) is 2. The van der Waals surface area contributed by atoms with Crippen LogP contribution in [0.4, 0.5) is 23.7 Å². The SMILES string of the molecule is CC1CC(C(=O)O)CN(C(=O)Nc2ccc(OC(F)(F)F)cc2)C1. The van der Waals surface area contributed by atoms with Gasteiger partial charge in [0.1, 0.15) is 5.75 Å². The molecular formula is C15H17F3N2O4. The number of likely N-dealkylation sites (tertiary alicyclic amines) is 1. The molecule has 2 N–H and O–H groups in total. The van der Waals surface area contributed by atoms with E-state index in [0.29, 0.717) is 18.7 Å². The lowest BCUT2D eigenvalue weighted by Gasteiger charge is -2.34. The van der Waals surface area contributed by atoms with Crippen LogP contribution in [0.5, 0.6) is 5.75 Å². The summed E-state index contributed by atoms with van der Waals surface area (Å²) >= 11 is 0. The Morgan fingerprint density at radius 1 is 1.25 bits per heavy atom. The molecule has 1 heterocycles. The smallest absolute Gasteiger partial charge is 0.481 e. The van der Waals surface area contributed by atoms with Crippen LogP contribution in [-0.2, 0) is 4.79 Å². The molecule has 132 valence electrons. The van der Waals surface area contributed by atoms with Crippen molar-refractivity contribution in [2.24, 2.45) is 11.8 Å². The average molecular weight is 346 g/mol. The predicted molar refractivity (Wildman–Crippen MR) is 78.6 cm³/mol. The number of halogens is 3. The number of anilines is 1. The molecule has 0 radical (unpaired) electrons. The van der Waals surface area contributed by atoms with Crippen LogP contribution < -0.4 is 10.1 Å². The Morgan fingerprint density at radius 2 is 1.88 bits per heavy atom. The van der Waals surface area contributed by atoms with Crippen LogP contribution in [-0.4, -0.2) is 41.5 Å². The first-order valence-electron chi connectivity index (χ1n) is 7.28. The van der Waals surface area contributed by atoms with Crippen molar-refractivity contribution in [2.45, 2.75) is 19.7 Å². The van der Waals surface area contributed by atoms with Crippen molar-refractivity contribution in [1.82, 2.24) is 4.90 Å². The highest BCUT2D eigenvalue weighted by Crippen LogP contribution is 2.25. The number of carbonyl (C=O) groups is 2. The van der Waals surface area contributed by atoms with Gasteiger partial charge in [-0.25, -0.2) is 4.79 Å². The van der Waals surface area contributed by atoms with Gasteiger partial charge >= 0.3 is 18.4 Å². The van der Waals surface area contributed by atoms with Crippen LogP contribution in [0.3, 0.4) is 0 Å². The van der Waals surface area contributed by atoms with Crippen molar-refractivity contribution in [3.63, 3.8) is 0 Å². The largest absolute Gasteiger partial charge is 0.573 e. The first-order chi connectivity index (χ1) is 11.1. The molecule has 0 saturated carbocycles. The summed E-state index contributed by atoms with van der Waals surface area (Å²) in [6, 6.07) is 4.24. The van der Waals surface area contributed by atoms with Gasteiger partial charge in [-0.1, -0.05) is 6.92 Å². The van der Waals surface area contributed by atoms with E-state index < -0.39 is 30.0 Å². The molecule has 0 spiro atoms. The second-order valence-corrected chi connectivity index (χ2v) is 5.78. The fourth-order valence-corrected chi connectivity index (χ4v) is 2.64. The van der Waals surface area contributed by atoms with E-state index in [-0.39, 0.29) is 12.5 Å². The maximum atomic E-state index is 12.2. The van der Waals surface area contributed by atoms with Gasteiger partial charge in [0.15, 0.2) is 0 Å². The Labute approximate surface area is 136 Å². The standard InChI is InChI=1S/C15H17F3N2O4/c1-9-6-10(13(21)22)8-20(7-9)14(23)19-11-2-4-12(5-3-11)24-15(16,17)18/h2-5,9-10H,6-8H2,1H3,(H,19,23)(H,21,22). The van der Waals surface area contributed by atoms with E-state index in [0.717, 1.165) is 12.1 Å². The monoisotopic (exact) mass is 346 g/mol. The molecule has 6 nitrogen and oxygen atoms in total. The van der Waals surface area contributed by atoms with Gasteiger partial charge in [0.05, 0.1) is 5.92 Å². The normalized spacial score (nSPS) is 21.2. The second-order valence-electron chi connectivity index (χ2n) is 5.78. The lowest BCUT2D eigenvalue weighted by molar-refractivity contribution is -0.274. The first-order valence-corrected chi connectivity index (χ1v) is 7.28. The Kier molecular flexibility index (Phi) is 5.20. The van der Waals surface area contributed by atoms with Gasteiger partial charge in [-0.3, -0.25) is 4.79 Å². The van der Waals surface area contributed by atoms with E-state index in [1.807, 2.05) is 6.92 Å². The van der Waals surface area contributed by atoms with Crippen molar-refractivity contribution < 1.29 is 32.6 Å². The zero-order valence-corrected chi connectivity index (χ0v) is 12.8. The number of carboxylic acids is 1. The molecule has 0 bridgehead atoms. The highest BCUT2D eigenvalue weighted by Gasteiger charge is 2.32. The van der Waals surface area contributed by atoms with Crippen LogP contribution in [0.25, 0.3) is 0 Å². The van der Waals surface area contributed by atoms with Gasteiger partial charge in [-0.05, 0) is 36.6 Å². The van der Waals surface area contributed by atoms with E-state index in [2.05, 4.69) is 10.1 Å². The maximum absolute atomic E-state index is 12.2. The highest BCUT2D eigenvalue weighted by molar-refractivity contribution is 5.89. The van der Waals surface area contributed by atoms with Crippen molar-refractivity contribution in [3.8, 4) is 5.75 Å². The summed E-state index contributed by atoms with van der Waals surface area (Å²) in [5.74, 6) is -1.92. The first kappa shape index (κ1) is 17.9. The number of nitrogens with zero attached hydrogens (tertiary/aromatic N) is 1. The third kappa shape index (κ3) is 5.04. The highest BCUT2D eigenvalue weighted by atomic mass is 19.4. The molecule has 2 rings (SSSR count). The van der Waals surface area contributed by atoms with Gasteiger partial charge in [-0.15, -0.1) is 13.2 Å². The zero-order valence-electron chi connectivity index (χ0n) is 12.8. The number of urea groups is 1. The fourth-order valence-electron chi connectivity index (χ4n) is 2.64. The lowest BCUT2D eigenvalue weighted by Crippen LogP contribution is -2.47. The molecule has 2 atom stereocenters. The number of amides is 2. The molecule has 0 aliphatic carbocycles. The quantitative estimate of drug-likeness (QED) is 0.881. The minimum atomic E-state index is -4.78. The van der Waals surface area contributed by atoms with Gasteiger partial charge in [-0.2, -0.15) is 0 Å². The molecule has 1 aliphatic rings. The molecule has 1 aromatic rings. The number of benzene rings is 1. The molecule has 2 unspecified atom stereocenters. The second kappa shape index (κ2) is 6.98. The van der Waals surface area contributed by atoms with Gasteiger partial charge in [0, 0.05) is 18.8 Å². The molecule has 2 amide bonds. The van der Waals surface area contributed by atoms with Gasteiger partial charge in [0.2, 0.25) is 0 Å². The average Bonchev–Trinajstić information content (AvgIpc) is 2.47. The zero-order chi connectivity index (χ0) is 17.9. The molecule has 24 heavy (non-hydrogen) atoms. The molecule has 1 aromatic carbocycles. The molecule has 1 fully saturated rings. The Bertz CT molecular complexity index is 604. The summed E-state index contributed by atoms with van der Waals surface area (Å²) < 4.78 is 40.0. The number of aliphatic carboxylic acids is 1. The minimum Gasteiger partial charge on any atom is -0.481 e. The summed E-state index contributed by atoms with van der Waals surface area (Å²) in [6.07, 6.45) is -4.27. The topological polar surface area (TPSA) is 78.9 Å². The van der Waals surface area contributed by atoms with E-state index in [9.17, 15) is 22.8 Å². The Balaban J connectivity index is 1.97. The number of carboxylic acid groups (broad SMARTS) is 1. The summed E-state index contributed by atoms with van der Waals surface area (Å²) in [7, 11) is 0. The van der Waals surface area contributed by atoms with Gasteiger partial charge in [0.25, 0.3) is 0 Å². The summed E-state index contributed by atoms with van der Waals surface area (Å²) in [6.45, 7) is 2.38. The minimum absolute atomic E-state index is 0.0492. The Hall–Kier alpha value is -2.45. The van der Waals surface area contributed by atoms with Crippen molar-refractivity contribution in [1.29, 1.82) is 0 Å². The van der Waals surface area contributed by atoms with Crippen LogP contribution in [0.15, 0.2) is 24.3 Å². The van der Waals surface area contributed by atoms with E-state index in [1.54, 1.807) is 0 Å². The number of piperidine rings is 1. The number of hydrogen-bond acceptors (Lipinski definition) is 3. The number of ether oxygens (including phenoxy) is 1. The molecule has 1 aliphatic heterocycles. The third-order valence-corrected chi connectivity index (χ3v) is 3.64. The molecule has 9 heteroatoms. The maximum Gasteiger partial charge on any atom is 0.573 e. The van der Waals surface area contributed by atoms with E-state index >= 15 is 0 Å². The summed E-state index contributed by atoms with van der Waals surface area (Å²) in [4.78, 5) is 24.7. The number of rotatable bonds is 3. The van der Waals surface area contributed by atoms with E-state index in [1.165, 1.54) is 17.0 Å². The fraction of sp³-hybridized carbons (Fsp3) is 0.467. The third-order valence-electron chi connectivity index (χ3n) is 3.64. The van der Waals surface area contributed by atoms with Gasteiger partial charge < -0.3 is 20.1 Å². The lowest BCUT2D eigenvalue weighted by atomic mass is 9.91. The summed E-state index contributed by atoms with van der Waals surface area (Å²) in [5.41, 5.74) is 0.291. The molecule has 0 aromatic heterocycles. The van der Waals surface area contributed by atoms with Crippen LogP contribution >= 0.6 is 0 Å². The van der Waals surface area contributed by atoms with E-state index in [4.69, 9.17) is 5.11 Å². The van der Waals surface area contributed by atoms with Crippen molar-refractivity contribution in [2.75, 3.05) is 18.4 Å². The number of nitrogens with one attached hydrogen (secondary N) is 1. The van der Waals surface area contributed by atoms with Crippen LogP contribution in [0.1, 0.15) is 13.3 Å². The number of carbonyl (C=O) groups excluding carboxylic acids is 1. The predicted octanol–water partition coefficient (Wildman–Crippen LogP) is 3.16. The van der Waals surface area contributed by atoms with Crippen LogP contribution in [0.2, 0.25) is 0 Å². The molecular weight excluding hydrogens is 329 g/mol. The molecule has 1 saturated heterocycles. The number of alkyl halides is 3. The van der Waals surface area contributed by atoms with Crippen molar-refractivity contribution in [3.05, 3.63) is 24.3 Å². The van der Waals surface area contributed by atoms with Crippen LogP contribution in [0, 0.1) is 11.8 Å².